The molecule has 1 aromatic rings. The van der Waals surface area contributed by atoms with Gasteiger partial charge in [-0.2, -0.15) is 5.10 Å². The first-order valence-electron chi connectivity index (χ1n) is 5.36. The fourth-order valence-electron chi connectivity index (χ4n) is 1.47. The summed E-state index contributed by atoms with van der Waals surface area (Å²) < 4.78 is 6.50. The monoisotopic (exact) mass is 225 g/mol. The van der Waals surface area contributed by atoms with Crippen LogP contribution in [0.25, 0.3) is 0 Å². The fraction of sp³-hybridized carbons (Fsp3) is 0.636. The van der Waals surface area contributed by atoms with Crippen LogP contribution in [0.1, 0.15) is 18.2 Å². The molecule has 0 amide bonds. The van der Waals surface area contributed by atoms with Crippen LogP contribution in [0.2, 0.25) is 0 Å². The number of esters is 1. The predicted molar refractivity (Wildman–Crippen MR) is 61.0 cm³/mol. The van der Waals surface area contributed by atoms with Crippen LogP contribution >= 0.6 is 0 Å². The minimum atomic E-state index is -0.249. The Balaban J connectivity index is 2.65. The van der Waals surface area contributed by atoms with Crippen molar-refractivity contribution in [2.24, 2.45) is 0 Å². The normalized spacial score (nSPS) is 10.8. The summed E-state index contributed by atoms with van der Waals surface area (Å²) in [7, 11) is 4.00. The van der Waals surface area contributed by atoms with Gasteiger partial charge in [-0.05, 0) is 27.9 Å². The summed E-state index contributed by atoms with van der Waals surface area (Å²) in [6.07, 6.45) is 1.90. The SMILES string of the molecule is CCOC(=O)Cn1cc(CN(C)C)c(C)n1. The molecule has 0 saturated heterocycles. The van der Waals surface area contributed by atoms with Crippen molar-refractivity contribution in [2.75, 3.05) is 20.7 Å². The first-order chi connectivity index (χ1) is 7.52. The zero-order chi connectivity index (χ0) is 12.1. The molecular weight excluding hydrogens is 206 g/mol. The first kappa shape index (κ1) is 12.7. The van der Waals surface area contributed by atoms with Gasteiger partial charge in [-0.1, -0.05) is 0 Å². The number of rotatable bonds is 5. The van der Waals surface area contributed by atoms with E-state index in [-0.39, 0.29) is 12.5 Å². The lowest BCUT2D eigenvalue weighted by Gasteiger charge is -2.07. The van der Waals surface area contributed by atoms with Crippen LogP contribution in [0.5, 0.6) is 0 Å². The topological polar surface area (TPSA) is 47.4 Å². The summed E-state index contributed by atoms with van der Waals surface area (Å²) in [5.74, 6) is -0.249. The van der Waals surface area contributed by atoms with Crippen molar-refractivity contribution in [3.8, 4) is 0 Å². The lowest BCUT2D eigenvalue weighted by Crippen LogP contribution is -2.14. The molecule has 0 spiro atoms. The predicted octanol–water partition coefficient (Wildman–Crippen LogP) is 0.816. The van der Waals surface area contributed by atoms with E-state index in [0.717, 1.165) is 17.8 Å². The molecule has 0 unspecified atom stereocenters. The highest BCUT2D eigenvalue weighted by Crippen LogP contribution is 2.07. The van der Waals surface area contributed by atoms with Gasteiger partial charge in [0.1, 0.15) is 6.54 Å². The lowest BCUT2D eigenvalue weighted by atomic mass is 10.2. The highest BCUT2D eigenvalue weighted by atomic mass is 16.5. The quantitative estimate of drug-likeness (QED) is 0.696. The summed E-state index contributed by atoms with van der Waals surface area (Å²) in [6, 6.07) is 0. The van der Waals surface area contributed by atoms with Crippen LogP contribution in [-0.2, 0) is 22.6 Å². The molecule has 1 rings (SSSR count). The van der Waals surface area contributed by atoms with Crippen molar-refractivity contribution < 1.29 is 9.53 Å². The Hall–Kier alpha value is -1.36. The molecule has 1 heterocycles. The molecule has 5 nitrogen and oxygen atoms in total. The van der Waals surface area contributed by atoms with Gasteiger partial charge in [0.25, 0.3) is 0 Å². The molecule has 0 aliphatic rings. The van der Waals surface area contributed by atoms with Crippen molar-refractivity contribution in [1.82, 2.24) is 14.7 Å². The van der Waals surface area contributed by atoms with E-state index in [9.17, 15) is 4.79 Å². The van der Waals surface area contributed by atoms with Gasteiger partial charge in [0.2, 0.25) is 0 Å². The summed E-state index contributed by atoms with van der Waals surface area (Å²) >= 11 is 0. The summed E-state index contributed by atoms with van der Waals surface area (Å²) in [5.41, 5.74) is 2.09. The van der Waals surface area contributed by atoms with Gasteiger partial charge < -0.3 is 9.64 Å². The van der Waals surface area contributed by atoms with Crippen molar-refractivity contribution in [2.45, 2.75) is 26.9 Å². The number of hydrogen-bond acceptors (Lipinski definition) is 4. The Bertz CT molecular complexity index is 358. The second kappa shape index (κ2) is 5.65. The number of carbonyl (C=O) groups excluding carboxylic acids is 1. The Morgan fingerprint density at radius 2 is 2.25 bits per heavy atom. The van der Waals surface area contributed by atoms with Crippen LogP contribution in [0.4, 0.5) is 0 Å². The van der Waals surface area contributed by atoms with E-state index in [2.05, 4.69) is 10.00 Å². The third-order valence-electron chi connectivity index (χ3n) is 2.13. The maximum absolute atomic E-state index is 11.3. The van der Waals surface area contributed by atoms with Gasteiger partial charge in [0, 0.05) is 18.3 Å². The second-order valence-corrected chi connectivity index (χ2v) is 3.98. The van der Waals surface area contributed by atoms with E-state index in [1.807, 2.05) is 27.2 Å². The van der Waals surface area contributed by atoms with Gasteiger partial charge in [0.05, 0.1) is 12.3 Å². The average molecular weight is 225 g/mol. The van der Waals surface area contributed by atoms with E-state index in [0.29, 0.717) is 6.61 Å². The first-order valence-corrected chi connectivity index (χ1v) is 5.36. The molecule has 0 bridgehead atoms. The average Bonchev–Trinajstić information content (AvgIpc) is 2.45. The highest BCUT2D eigenvalue weighted by molar-refractivity contribution is 5.69. The number of aromatic nitrogens is 2. The molecule has 0 N–H and O–H groups in total. The molecule has 0 aliphatic heterocycles. The van der Waals surface area contributed by atoms with Gasteiger partial charge in [-0.15, -0.1) is 0 Å². The standard InChI is InChI=1S/C11H19N3O2/c1-5-16-11(15)8-14-7-10(6-13(3)4)9(2)12-14/h7H,5-6,8H2,1-4H3. The van der Waals surface area contributed by atoms with Crippen molar-refractivity contribution in [3.05, 3.63) is 17.5 Å². The summed E-state index contributed by atoms with van der Waals surface area (Å²) in [4.78, 5) is 13.3. The molecule has 1 aromatic heterocycles. The number of nitrogens with zero attached hydrogens (tertiary/aromatic N) is 3. The zero-order valence-corrected chi connectivity index (χ0v) is 10.4. The zero-order valence-electron chi connectivity index (χ0n) is 10.4. The van der Waals surface area contributed by atoms with Crippen molar-refractivity contribution in [3.63, 3.8) is 0 Å². The molecule has 0 atom stereocenters. The molecule has 0 fully saturated rings. The molecule has 90 valence electrons. The summed E-state index contributed by atoms with van der Waals surface area (Å²) in [5, 5.41) is 4.28. The Morgan fingerprint density at radius 3 is 2.81 bits per heavy atom. The molecule has 0 radical (unpaired) electrons. The Kier molecular flexibility index (Phi) is 4.49. The van der Waals surface area contributed by atoms with Gasteiger partial charge in [-0.25, -0.2) is 0 Å². The fourth-order valence-corrected chi connectivity index (χ4v) is 1.47. The highest BCUT2D eigenvalue weighted by Gasteiger charge is 2.09. The van der Waals surface area contributed by atoms with Gasteiger partial charge in [-0.3, -0.25) is 9.48 Å². The third kappa shape index (κ3) is 3.66. The van der Waals surface area contributed by atoms with Gasteiger partial charge >= 0.3 is 5.97 Å². The number of aryl methyl sites for hydroxylation is 1. The van der Waals surface area contributed by atoms with E-state index in [1.54, 1.807) is 11.6 Å². The maximum atomic E-state index is 11.3. The van der Waals surface area contributed by atoms with Crippen LogP contribution < -0.4 is 0 Å². The molecule has 0 aliphatic carbocycles. The molecule has 0 saturated carbocycles. The van der Waals surface area contributed by atoms with Gasteiger partial charge in [0.15, 0.2) is 0 Å². The van der Waals surface area contributed by atoms with Crippen LogP contribution in [-0.4, -0.2) is 41.4 Å². The second-order valence-electron chi connectivity index (χ2n) is 3.98. The van der Waals surface area contributed by atoms with E-state index < -0.39 is 0 Å². The molecular formula is C11H19N3O2. The van der Waals surface area contributed by atoms with E-state index in [1.165, 1.54) is 0 Å². The largest absolute Gasteiger partial charge is 0.465 e. The minimum absolute atomic E-state index is 0.183. The van der Waals surface area contributed by atoms with E-state index >= 15 is 0 Å². The number of ether oxygens (including phenoxy) is 1. The van der Waals surface area contributed by atoms with Crippen LogP contribution in [0, 0.1) is 6.92 Å². The molecule has 16 heavy (non-hydrogen) atoms. The summed E-state index contributed by atoms with van der Waals surface area (Å²) in [6.45, 7) is 5.16. The molecule has 5 heteroatoms. The Labute approximate surface area is 96.0 Å². The number of hydrogen-bond donors (Lipinski definition) is 0. The van der Waals surface area contributed by atoms with Crippen molar-refractivity contribution >= 4 is 5.97 Å². The maximum Gasteiger partial charge on any atom is 0.327 e. The van der Waals surface area contributed by atoms with Crippen LogP contribution in [0.3, 0.4) is 0 Å². The smallest absolute Gasteiger partial charge is 0.327 e. The molecule has 0 aromatic carbocycles. The number of carbonyl (C=O) groups is 1. The van der Waals surface area contributed by atoms with E-state index in [4.69, 9.17) is 4.74 Å². The minimum Gasteiger partial charge on any atom is -0.465 e. The lowest BCUT2D eigenvalue weighted by molar-refractivity contribution is -0.144. The third-order valence-corrected chi connectivity index (χ3v) is 2.13. The van der Waals surface area contributed by atoms with Crippen LogP contribution in [0.15, 0.2) is 6.20 Å². The van der Waals surface area contributed by atoms with Crippen molar-refractivity contribution in [1.29, 1.82) is 0 Å². The Morgan fingerprint density at radius 1 is 1.56 bits per heavy atom.